The average molecular weight is 800 g/mol. The fraction of sp³-hybridized carbons (Fsp3) is 0.273. The molecule has 3 aromatic carbocycles. The third kappa shape index (κ3) is 14.3. The fourth-order valence-corrected chi connectivity index (χ4v) is 4.10. The van der Waals surface area contributed by atoms with Crippen LogP contribution in [0.15, 0.2) is 66.9 Å². The van der Waals surface area contributed by atoms with E-state index >= 15 is 4.39 Å². The molecule has 1 aromatic heterocycles. The molecule has 4 aromatic rings. The average Bonchev–Trinajstić information content (AvgIpc) is 3.53. The molecule has 0 saturated heterocycles. The zero-order chi connectivity index (χ0) is 41.9. The van der Waals surface area contributed by atoms with Gasteiger partial charge in [0.2, 0.25) is 0 Å². The van der Waals surface area contributed by atoms with Crippen molar-refractivity contribution >= 4 is 29.1 Å². The number of ether oxygens (including phenoxy) is 3. The van der Waals surface area contributed by atoms with E-state index < -0.39 is 42.2 Å². The number of H-pyrrole nitrogens is 1. The molecule has 0 aliphatic rings. The summed E-state index contributed by atoms with van der Waals surface area (Å²) in [6, 6.07) is 15.2. The van der Waals surface area contributed by atoms with Crippen molar-refractivity contribution in [2.45, 2.75) is 52.1 Å². The lowest BCUT2D eigenvalue weighted by molar-refractivity contribution is -0.274. The topological polar surface area (TPSA) is 184 Å². The lowest BCUT2D eigenvalue weighted by Crippen LogP contribution is -2.21. The van der Waals surface area contributed by atoms with E-state index in [4.69, 9.17) is 40.4 Å². The van der Waals surface area contributed by atoms with Gasteiger partial charge in [-0.1, -0.05) is 12.1 Å². The molecule has 0 radical (unpaired) electrons. The molecular formula is C33H31F10N5O7. The van der Waals surface area contributed by atoms with Crippen LogP contribution >= 0.6 is 0 Å². The molecule has 0 atom stereocenters. The molecule has 0 unspecified atom stereocenters. The predicted octanol–water partition coefficient (Wildman–Crippen LogP) is 8.19. The van der Waals surface area contributed by atoms with Crippen molar-refractivity contribution in [3.8, 4) is 28.5 Å². The minimum absolute atomic E-state index is 0.00957. The highest BCUT2D eigenvalue weighted by atomic mass is 19.4. The van der Waals surface area contributed by atoms with E-state index in [2.05, 4.69) is 14.7 Å². The summed E-state index contributed by atoms with van der Waals surface area (Å²) in [6.07, 6.45) is -13.9. The van der Waals surface area contributed by atoms with E-state index in [0.29, 0.717) is 29.4 Å². The Labute approximate surface area is 304 Å². The van der Waals surface area contributed by atoms with Gasteiger partial charge in [-0.05, 0) is 57.2 Å². The van der Waals surface area contributed by atoms with Gasteiger partial charge in [-0.15, -0.1) is 13.2 Å². The number of aromatic amines is 1. The Morgan fingerprint density at radius 2 is 1.45 bits per heavy atom. The maximum absolute atomic E-state index is 15.9. The summed E-state index contributed by atoms with van der Waals surface area (Å²) < 4.78 is 134. The second-order valence-electron chi connectivity index (χ2n) is 10.8. The molecule has 0 bridgehead atoms. The first-order chi connectivity index (χ1) is 25.3. The number of imidazole rings is 1. The highest BCUT2D eigenvalue weighted by molar-refractivity contribution is 5.95. The number of hydrogen-bond donors (Lipinski definition) is 5. The van der Waals surface area contributed by atoms with Crippen LogP contribution in [-0.4, -0.2) is 69.4 Å². The van der Waals surface area contributed by atoms with Crippen molar-refractivity contribution in [2.75, 3.05) is 11.5 Å². The first-order valence-electron chi connectivity index (χ1n) is 15.2. The lowest BCUT2D eigenvalue weighted by Gasteiger charge is -2.26. The summed E-state index contributed by atoms with van der Waals surface area (Å²) in [5, 5.41) is 21.9. The zero-order valence-corrected chi connectivity index (χ0v) is 28.5. The number of aromatic nitrogens is 2. The zero-order valence-electron chi connectivity index (χ0n) is 28.5. The molecular weight excluding hydrogens is 768 g/mol. The number of nitrogen functional groups attached to an aromatic ring is 1. The van der Waals surface area contributed by atoms with Crippen LogP contribution in [0.25, 0.3) is 11.3 Å². The third-order valence-electron chi connectivity index (χ3n) is 6.26. The molecule has 0 amide bonds. The van der Waals surface area contributed by atoms with Gasteiger partial charge in [0.15, 0.2) is 11.6 Å². The molecule has 1 heterocycles. The van der Waals surface area contributed by atoms with E-state index in [1.165, 1.54) is 36.5 Å². The maximum Gasteiger partial charge on any atom is 0.573 e. The van der Waals surface area contributed by atoms with Crippen molar-refractivity contribution < 1.29 is 77.9 Å². The monoisotopic (exact) mass is 799 g/mol. The van der Waals surface area contributed by atoms with Gasteiger partial charge in [0.25, 0.3) is 0 Å². The summed E-state index contributed by atoms with van der Waals surface area (Å²) in [5.74, 6) is -6.00. The first-order valence-corrected chi connectivity index (χ1v) is 15.2. The van der Waals surface area contributed by atoms with Crippen LogP contribution in [0, 0.1) is 11.2 Å². The number of carbonyl (C=O) groups is 2. The van der Waals surface area contributed by atoms with E-state index in [1.807, 2.05) is 0 Å². The normalized spacial score (nSPS) is 11.4. The molecule has 4 rings (SSSR count). The Kier molecular flexibility index (Phi) is 15.3. The van der Waals surface area contributed by atoms with Gasteiger partial charge in [-0.3, -0.25) is 5.41 Å². The van der Waals surface area contributed by atoms with Crippen LogP contribution in [-0.2, 0) is 16.1 Å². The molecule has 0 saturated carbocycles. The number of benzene rings is 3. The summed E-state index contributed by atoms with van der Waals surface area (Å²) in [5.41, 5.74) is 7.05. The largest absolute Gasteiger partial charge is 0.573 e. The Hall–Kier alpha value is -6.22. The number of halogens is 10. The van der Waals surface area contributed by atoms with Crippen LogP contribution in [0.3, 0.4) is 0 Å². The molecule has 0 spiro atoms. The Balaban J connectivity index is 0.000000633. The lowest BCUT2D eigenvalue weighted by atomic mass is 10.1. The quantitative estimate of drug-likeness (QED) is 0.0563. The number of anilines is 2. The highest BCUT2D eigenvalue weighted by Crippen LogP contribution is 2.39. The summed E-state index contributed by atoms with van der Waals surface area (Å²) in [6.45, 7) is 5.66. The van der Waals surface area contributed by atoms with Gasteiger partial charge >= 0.3 is 30.7 Å². The van der Waals surface area contributed by atoms with Crippen LogP contribution in [0.2, 0.25) is 0 Å². The minimum Gasteiger partial charge on any atom is -0.494 e. The van der Waals surface area contributed by atoms with E-state index in [0.717, 1.165) is 0 Å². The summed E-state index contributed by atoms with van der Waals surface area (Å²) >= 11 is 0. The minimum atomic E-state index is -5.08. The number of carboxylic acids is 2. The summed E-state index contributed by atoms with van der Waals surface area (Å²) in [4.78, 5) is 26.9. The van der Waals surface area contributed by atoms with Gasteiger partial charge in [-0.25, -0.2) is 19.0 Å². The van der Waals surface area contributed by atoms with Gasteiger partial charge < -0.3 is 40.0 Å². The molecule has 22 heteroatoms. The van der Waals surface area contributed by atoms with Crippen molar-refractivity contribution in [1.82, 2.24) is 9.97 Å². The first kappa shape index (κ1) is 44.9. The number of aliphatic carboxylic acids is 2. The van der Waals surface area contributed by atoms with Crippen LogP contribution in [0.4, 0.5) is 55.3 Å². The Bertz CT molecular complexity index is 1890. The Morgan fingerprint density at radius 1 is 0.909 bits per heavy atom. The predicted molar refractivity (Wildman–Crippen MR) is 175 cm³/mol. The SMILES string of the molecule is CCOc1cc(OC(C)C)c(F)c(N(Cc2nc(-c3ccccc3OC(F)(F)F)c[nH]2)c2ccc(C(=N)N)cc2)c1.O=C(O)C(F)(F)F.O=C(O)C(F)(F)F. The number of para-hydroxylation sites is 1. The number of hydrogen-bond acceptors (Lipinski definition) is 8. The standard InChI is InChI=1S/C29H29F4N5O3.2C2HF3O2/c1-4-39-20-13-23(27(30)25(14-20)40-17(2)3)38(19-11-9-18(10-12-19)28(34)35)16-26-36-15-22(37-26)21-7-5-6-8-24(21)41-29(31,32)33;2*3-2(4,5)1(6)7/h5-15,17H,4,16H2,1-3H3,(H3,34,35)(H,36,37);2*(H,6,7). The number of amidine groups is 1. The third-order valence-corrected chi connectivity index (χ3v) is 6.26. The fourth-order valence-electron chi connectivity index (χ4n) is 4.10. The number of nitrogens with two attached hydrogens (primary N) is 1. The highest BCUT2D eigenvalue weighted by Gasteiger charge is 2.39. The molecule has 55 heavy (non-hydrogen) atoms. The van der Waals surface area contributed by atoms with E-state index in [9.17, 15) is 39.5 Å². The molecule has 6 N–H and O–H groups in total. The van der Waals surface area contributed by atoms with Crippen LogP contribution < -0.4 is 24.8 Å². The summed E-state index contributed by atoms with van der Waals surface area (Å²) in [7, 11) is 0. The van der Waals surface area contributed by atoms with E-state index in [1.54, 1.807) is 56.0 Å². The molecule has 0 fully saturated rings. The van der Waals surface area contributed by atoms with E-state index in [-0.39, 0.29) is 41.2 Å². The van der Waals surface area contributed by atoms with Crippen molar-refractivity contribution in [1.29, 1.82) is 5.41 Å². The maximum atomic E-state index is 15.9. The molecule has 12 nitrogen and oxygen atoms in total. The van der Waals surface area contributed by atoms with Gasteiger partial charge in [0.1, 0.15) is 23.2 Å². The molecule has 0 aliphatic heterocycles. The van der Waals surface area contributed by atoms with Crippen molar-refractivity contribution in [3.05, 3.63) is 84.1 Å². The van der Waals surface area contributed by atoms with Gasteiger partial charge in [0.05, 0.1) is 30.6 Å². The smallest absolute Gasteiger partial charge is 0.494 e. The van der Waals surface area contributed by atoms with Crippen molar-refractivity contribution in [3.63, 3.8) is 0 Å². The van der Waals surface area contributed by atoms with Gasteiger partial charge in [-0.2, -0.15) is 26.3 Å². The number of alkyl halides is 9. The number of nitrogens with zero attached hydrogens (tertiary/aromatic N) is 2. The van der Waals surface area contributed by atoms with Crippen LogP contribution in [0.1, 0.15) is 32.2 Å². The van der Waals surface area contributed by atoms with Crippen LogP contribution in [0.5, 0.6) is 17.2 Å². The second-order valence-corrected chi connectivity index (χ2v) is 10.8. The van der Waals surface area contributed by atoms with Gasteiger partial charge in [0, 0.05) is 35.1 Å². The molecule has 0 aliphatic carbocycles. The number of carboxylic acid groups (broad SMARTS) is 2. The van der Waals surface area contributed by atoms with Crippen molar-refractivity contribution in [2.24, 2.45) is 5.73 Å². The second kappa shape index (κ2) is 18.7. The molecule has 300 valence electrons. The number of nitrogens with one attached hydrogen (secondary N) is 2. The number of rotatable bonds is 11. The Morgan fingerprint density at radius 3 is 1.93 bits per heavy atom.